The maximum atomic E-state index is 11.9. The zero-order valence-corrected chi connectivity index (χ0v) is 16.4. The van der Waals surface area contributed by atoms with Crippen LogP contribution in [0.2, 0.25) is 6.04 Å². The van der Waals surface area contributed by atoms with Gasteiger partial charge in [-0.05, 0) is 44.5 Å². The lowest BCUT2D eigenvalue weighted by Crippen LogP contribution is -2.47. The summed E-state index contributed by atoms with van der Waals surface area (Å²) < 4.78 is 27.5. The minimum atomic E-state index is -2.78. The maximum Gasteiger partial charge on any atom is 0.504 e. The van der Waals surface area contributed by atoms with Gasteiger partial charge in [-0.1, -0.05) is 12.1 Å². The van der Waals surface area contributed by atoms with E-state index in [9.17, 15) is 4.79 Å². The highest BCUT2D eigenvalue weighted by molar-refractivity contribution is 6.60. The zero-order valence-electron chi connectivity index (χ0n) is 15.4. The summed E-state index contributed by atoms with van der Waals surface area (Å²) >= 11 is 0. The van der Waals surface area contributed by atoms with Gasteiger partial charge in [-0.15, -0.1) is 0 Å². The molecule has 0 heterocycles. The van der Waals surface area contributed by atoms with Gasteiger partial charge >= 0.3 is 14.8 Å². The molecule has 6 nitrogen and oxygen atoms in total. The number of hydrogen-bond donors (Lipinski definition) is 0. The first-order valence-corrected chi connectivity index (χ1v) is 10.4. The summed E-state index contributed by atoms with van der Waals surface area (Å²) in [6, 6.07) is 7.82. The first-order valence-electron chi connectivity index (χ1n) is 8.49. The van der Waals surface area contributed by atoms with Crippen LogP contribution >= 0.6 is 0 Å². The quantitative estimate of drug-likeness (QED) is 0.320. The highest BCUT2D eigenvalue weighted by Crippen LogP contribution is 2.16. The molecule has 0 atom stereocenters. The third kappa shape index (κ3) is 7.83. The number of carbonyl (C=O) groups excluding carboxylic acids is 1. The fourth-order valence-corrected chi connectivity index (χ4v) is 4.56. The highest BCUT2D eigenvalue weighted by Gasteiger charge is 2.40. The Hall–Kier alpha value is -1.67. The van der Waals surface area contributed by atoms with Gasteiger partial charge in [-0.3, -0.25) is 0 Å². The molecule has 0 N–H and O–H groups in total. The van der Waals surface area contributed by atoms with E-state index in [1.807, 2.05) is 45.0 Å². The second-order valence-electron chi connectivity index (χ2n) is 5.01. The molecule has 0 saturated carbocycles. The standard InChI is InChI=1S/C18H28O6Si/c1-5-22-25(23-6-2,24-7-3)15-14-21-18(19)13-10-16-8-11-17(20-4)12-9-16/h8-13H,5-7,14-15H2,1-4H3. The third-order valence-electron chi connectivity index (χ3n) is 3.27. The van der Waals surface area contributed by atoms with Crippen LogP contribution in [0.25, 0.3) is 6.08 Å². The van der Waals surface area contributed by atoms with Crippen molar-refractivity contribution in [2.45, 2.75) is 26.8 Å². The van der Waals surface area contributed by atoms with Crippen molar-refractivity contribution >= 4 is 20.8 Å². The molecule has 0 fully saturated rings. The SMILES string of the molecule is CCO[Si](CCOC(=O)C=Cc1ccc(OC)cc1)(OCC)OCC. The smallest absolute Gasteiger partial charge is 0.497 e. The van der Waals surface area contributed by atoms with Gasteiger partial charge in [-0.25, -0.2) is 4.79 Å². The first-order chi connectivity index (χ1) is 12.1. The van der Waals surface area contributed by atoms with Crippen molar-refractivity contribution in [3.8, 4) is 5.75 Å². The maximum absolute atomic E-state index is 11.9. The number of benzene rings is 1. The van der Waals surface area contributed by atoms with Crippen LogP contribution in [-0.2, 0) is 22.8 Å². The van der Waals surface area contributed by atoms with Gasteiger partial charge in [0.15, 0.2) is 0 Å². The predicted octanol–water partition coefficient (Wildman–Crippen LogP) is 3.30. The number of rotatable bonds is 12. The minimum absolute atomic E-state index is 0.192. The van der Waals surface area contributed by atoms with Crippen molar-refractivity contribution in [3.63, 3.8) is 0 Å². The lowest BCUT2D eigenvalue weighted by Gasteiger charge is -2.28. The molecule has 0 spiro atoms. The first kappa shape index (κ1) is 21.4. The lowest BCUT2D eigenvalue weighted by molar-refractivity contribution is -0.137. The fraction of sp³-hybridized carbons (Fsp3) is 0.500. The van der Waals surface area contributed by atoms with Gasteiger partial charge < -0.3 is 22.8 Å². The van der Waals surface area contributed by atoms with E-state index in [4.69, 9.17) is 22.8 Å². The Balaban J connectivity index is 2.51. The van der Waals surface area contributed by atoms with Gasteiger partial charge in [0.05, 0.1) is 19.8 Å². The Morgan fingerprint density at radius 1 is 1.00 bits per heavy atom. The van der Waals surface area contributed by atoms with Crippen molar-refractivity contribution in [3.05, 3.63) is 35.9 Å². The van der Waals surface area contributed by atoms with Gasteiger partial charge in [-0.2, -0.15) is 0 Å². The molecule has 0 aromatic heterocycles. The Kier molecular flexibility index (Phi) is 10.1. The largest absolute Gasteiger partial charge is 0.504 e. The zero-order chi connectivity index (χ0) is 18.5. The molecule has 7 heteroatoms. The summed E-state index contributed by atoms with van der Waals surface area (Å²) in [7, 11) is -1.17. The van der Waals surface area contributed by atoms with Gasteiger partial charge in [0, 0.05) is 25.9 Å². The van der Waals surface area contributed by atoms with Gasteiger partial charge in [0.1, 0.15) is 5.75 Å². The molecule has 1 rings (SSSR count). The van der Waals surface area contributed by atoms with E-state index in [-0.39, 0.29) is 6.61 Å². The minimum Gasteiger partial charge on any atom is -0.497 e. The Labute approximate surface area is 151 Å². The van der Waals surface area contributed by atoms with E-state index in [1.165, 1.54) is 6.08 Å². The molecular weight excluding hydrogens is 340 g/mol. The lowest BCUT2D eigenvalue weighted by atomic mass is 10.2. The summed E-state index contributed by atoms with van der Waals surface area (Å²) in [4.78, 5) is 11.9. The molecule has 0 aliphatic carbocycles. The van der Waals surface area contributed by atoms with Crippen LogP contribution in [0.3, 0.4) is 0 Å². The van der Waals surface area contributed by atoms with Crippen LogP contribution in [0.15, 0.2) is 30.3 Å². The molecule has 0 saturated heterocycles. The van der Waals surface area contributed by atoms with Crippen LogP contribution in [-0.4, -0.2) is 48.3 Å². The summed E-state index contributed by atoms with van der Waals surface area (Å²) in [5.74, 6) is 0.354. The van der Waals surface area contributed by atoms with Crippen molar-refractivity contribution < 1.29 is 27.5 Å². The van der Waals surface area contributed by atoms with E-state index in [0.717, 1.165) is 11.3 Å². The molecule has 140 valence electrons. The molecular formula is C18H28O6Si. The molecule has 0 amide bonds. The number of methoxy groups -OCH3 is 1. The molecule has 0 aliphatic heterocycles. The van der Waals surface area contributed by atoms with Crippen molar-refractivity contribution in [1.82, 2.24) is 0 Å². The van der Waals surface area contributed by atoms with E-state index in [2.05, 4.69) is 0 Å². The molecule has 0 unspecified atom stereocenters. The number of hydrogen-bond acceptors (Lipinski definition) is 6. The van der Waals surface area contributed by atoms with Gasteiger partial charge in [0.25, 0.3) is 0 Å². The molecule has 1 aromatic carbocycles. The van der Waals surface area contributed by atoms with E-state index in [0.29, 0.717) is 25.9 Å². The Morgan fingerprint density at radius 3 is 2.04 bits per heavy atom. The predicted molar refractivity (Wildman–Crippen MR) is 98.4 cm³/mol. The summed E-state index contributed by atoms with van der Waals surface area (Å²) in [5, 5.41) is 0. The van der Waals surface area contributed by atoms with Crippen LogP contribution in [0, 0.1) is 0 Å². The topological polar surface area (TPSA) is 63.2 Å². The van der Waals surface area contributed by atoms with E-state index >= 15 is 0 Å². The van der Waals surface area contributed by atoms with Crippen LogP contribution in [0.4, 0.5) is 0 Å². The molecule has 1 aromatic rings. The van der Waals surface area contributed by atoms with Crippen LogP contribution < -0.4 is 4.74 Å². The van der Waals surface area contributed by atoms with Crippen LogP contribution in [0.5, 0.6) is 5.75 Å². The average Bonchev–Trinajstić information content (AvgIpc) is 2.61. The number of esters is 1. The second kappa shape index (κ2) is 11.8. The Bertz CT molecular complexity index is 512. The normalized spacial score (nSPS) is 11.7. The summed E-state index contributed by atoms with van der Waals surface area (Å²) in [6.07, 6.45) is 3.09. The molecule has 25 heavy (non-hydrogen) atoms. The number of carbonyl (C=O) groups is 1. The van der Waals surface area contributed by atoms with Gasteiger partial charge in [0.2, 0.25) is 0 Å². The monoisotopic (exact) mass is 368 g/mol. The summed E-state index contributed by atoms with van der Waals surface area (Å²) in [6.45, 7) is 7.36. The highest BCUT2D eigenvalue weighted by atomic mass is 28.4. The van der Waals surface area contributed by atoms with Crippen molar-refractivity contribution in [2.75, 3.05) is 33.5 Å². The molecule has 0 bridgehead atoms. The number of ether oxygens (including phenoxy) is 2. The van der Waals surface area contributed by atoms with Crippen molar-refractivity contribution in [1.29, 1.82) is 0 Å². The summed E-state index contributed by atoms with van der Waals surface area (Å²) in [5.41, 5.74) is 0.888. The average molecular weight is 369 g/mol. The fourth-order valence-electron chi connectivity index (χ4n) is 2.21. The third-order valence-corrected chi connectivity index (χ3v) is 6.27. The van der Waals surface area contributed by atoms with E-state index < -0.39 is 14.8 Å². The van der Waals surface area contributed by atoms with Crippen LogP contribution in [0.1, 0.15) is 26.3 Å². The second-order valence-corrected chi connectivity index (χ2v) is 7.74. The Morgan fingerprint density at radius 2 is 1.56 bits per heavy atom. The van der Waals surface area contributed by atoms with E-state index in [1.54, 1.807) is 13.2 Å². The van der Waals surface area contributed by atoms with Crippen molar-refractivity contribution in [2.24, 2.45) is 0 Å². The molecule has 0 radical (unpaired) electrons. The molecule has 0 aliphatic rings.